The molecule has 4 heteroatoms. The van der Waals surface area contributed by atoms with Crippen molar-refractivity contribution in [3.8, 4) is 0 Å². The predicted octanol–water partition coefficient (Wildman–Crippen LogP) is 3.61. The SMILES string of the molecule is CC(C)NCCCCSc1ccc(Cl)cn1. The molecular weight excluding hydrogens is 240 g/mol. The number of halogens is 1. The lowest BCUT2D eigenvalue weighted by molar-refractivity contribution is 0.567. The zero-order valence-electron chi connectivity index (χ0n) is 9.87. The number of hydrogen-bond acceptors (Lipinski definition) is 3. The van der Waals surface area contributed by atoms with Crippen LogP contribution in [0.3, 0.4) is 0 Å². The molecule has 1 aromatic heterocycles. The van der Waals surface area contributed by atoms with E-state index in [4.69, 9.17) is 11.6 Å². The first kappa shape index (κ1) is 13.8. The van der Waals surface area contributed by atoms with Crippen molar-refractivity contribution < 1.29 is 0 Å². The number of nitrogens with zero attached hydrogens (tertiary/aromatic N) is 1. The smallest absolute Gasteiger partial charge is 0.0960 e. The Bertz CT molecular complexity index is 288. The predicted molar refractivity (Wildman–Crippen MR) is 72.3 cm³/mol. The first-order chi connectivity index (χ1) is 7.68. The highest BCUT2D eigenvalue weighted by Crippen LogP contribution is 2.18. The summed E-state index contributed by atoms with van der Waals surface area (Å²) in [6.07, 6.45) is 4.14. The molecule has 0 saturated heterocycles. The zero-order valence-corrected chi connectivity index (χ0v) is 11.4. The summed E-state index contributed by atoms with van der Waals surface area (Å²) in [5.41, 5.74) is 0. The van der Waals surface area contributed by atoms with Gasteiger partial charge in [0.25, 0.3) is 0 Å². The van der Waals surface area contributed by atoms with Crippen molar-refractivity contribution in [1.29, 1.82) is 0 Å². The average Bonchev–Trinajstić information content (AvgIpc) is 2.25. The lowest BCUT2D eigenvalue weighted by atomic mass is 10.3. The first-order valence-electron chi connectivity index (χ1n) is 5.66. The van der Waals surface area contributed by atoms with E-state index in [9.17, 15) is 0 Å². The van der Waals surface area contributed by atoms with Crippen LogP contribution >= 0.6 is 23.4 Å². The summed E-state index contributed by atoms with van der Waals surface area (Å²) in [6, 6.07) is 4.45. The zero-order chi connectivity index (χ0) is 11.8. The molecule has 0 bridgehead atoms. The van der Waals surface area contributed by atoms with Crippen molar-refractivity contribution in [2.24, 2.45) is 0 Å². The van der Waals surface area contributed by atoms with Gasteiger partial charge in [0.15, 0.2) is 0 Å². The molecule has 90 valence electrons. The minimum absolute atomic E-state index is 0.589. The molecule has 0 unspecified atom stereocenters. The van der Waals surface area contributed by atoms with Crippen LogP contribution in [0, 0.1) is 0 Å². The van der Waals surface area contributed by atoms with Gasteiger partial charge in [-0.1, -0.05) is 25.4 Å². The fourth-order valence-corrected chi connectivity index (χ4v) is 2.20. The van der Waals surface area contributed by atoms with Crippen LogP contribution < -0.4 is 5.32 Å². The molecular formula is C12H19ClN2S. The Hall–Kier alpha value is -0.250. The monoisotopic (exact) mass is 258 g/mol. The Morgan fingerprint density at radius 1 is 1.38 bits per heavy atom. The molecule has 0 aliphatic rings. The number of pyridine rings is 1. The highest BCUT2D eigenvalue weighted by molar-refractivity contribution is 7.99. The summed E-state index contributed by atoms with van der Waals surface area (Å²) in [6.45, 7) is 5.45. The van der Waals surface area contributed by atoms with E-state index in [-0.39, 0.29) is 0 Å². The van der Waals surface area contributed by atoms with E-state index in [0.29, 0.717) is 11.1 Å². The van der Waals surface area contributed by atoms with E-state index in [0.717, 1.165) is 17.3 Å². The van der Waals surface area contributed by atoms with Crippen molar-refractivity contribution in [2.75, 3.05) is 12.3 Å². The molecule has 0 spiro atoms. The molecule has 1 aromatic rings. The van der Waals surface area contributed by atoms with E-state index < -0.39 is 0 Å². The highest BCUT2D eigenvalue weighted by Gasteiger charge is 1.96. The van der Waals surface area contributed by atoms with E-state index >= 15 is 0 Å². The highest BCUT2D eigenvalue weighted by atomic mass is 35.5. The average molecular weight is 259 g/mol. The van der Waals surface area contributed by atoms with Crippen LogP contribution in [0.25, 0.3) is 0 Å². The minimum Gasteiger partial charge on any atom is -0.315 e. The summed E-state index contributed by atoms with van der Waals surface area (Å²) in [5.74, 6) is 1.12. The van der Waals surface area contributed by atoms with Crippen molar-refractivity contribution in [3.05, 3.63) is 23.4 Å². The number of nitrogens with one attached hydrogen (secondary N) is 1. The van der Waals surface area contributed by atoms with Crippen LogP contribution in [-0.4, -0.2) is 23.3 Å². The lowest BCUT2D eigenvalue weighted by Gasteiger charge is -2.07. The van der Waals surface area contributed by atoms with Crippen molar-refractivity contribution in [2.45, 2.75) is 37.8 Å². The van der Waals surface area contributed by atoms with E-state index in [1.807, 2.05) is 12.1 Å². The van der Waals surface area contributed by atoms with Crippen LogP contribution in [0.2, 0.25) is 5.02 Å². The maximum absolute atomic E-state index is 5.76. The standard InChI is InChI=1S/C12H19ClN2S/c1-10(2)14-7-3-4-8-16-12-6-5-11(13)9-15-12/h5-6,9-10,14H,3-4,7-8H2,1-2H3. The Labute approximate surface area is 107 Å². The Morgan fingerprint density at radius 2 is 2.19 bits per heavy atom. The van der Waals surface area contributed by atoms with Crippen LogP contribution in [-0.2, 0) is 0 Å². The summed E-state index contributed by atoms with van der Waals surface area (Å²) < 4.78 is 0. The van der Waals surface area contributed by atoms with Crippen LogP contribution in [0.15, 0.2) is 23.4 Å². The second-order valence-corrected chi connectivity index (χ2v) is 5.53. The minimum atomic E-state index is 0.589. The second kappa shape index (κ2) is 7.93. The van der Waals surface area contributed by atoms with Gasteiger partial charge < -0.3 is 5.32 Å². The molecule has 0 amide bonds. The topological polar surface area (TPSA) is 24.9 Å². The van der Waals surface area contributed by atoms with Crippen LogP contribution in [0.1, 0.15) is 26.7 Å². The van der Waals surface area contributed by atoms with Gasteiger partial charge in [-0.15, -0.1) is 11.8 Å². The molecule has 1 rings (SSSR count). The van der Waals surface area contributed by atoms with Crippen molar-refractivity contribution in [1.82, 2.24) is 10.3 Å². The molecule has 1 N–H and O–H groups in total. The van der Waals surface area contributed by atoms with E-state index in [2.05, 4.69) is 24.1 Å². The summed E-state index contributed by atoms with van der Waals surface area (Å²) in [4.78, 5) is 4.24. The molecule has 0 aromatic carbocycles. The molecule has 0 saturated carbocycles. The quantitative estimate of drug-likeness (QED) is 0.598. The number of rotatable bonds is 7. The lowest BCUT2D eigenvalue weighted by Crippen LogP contribution is -2.23. The first-order valence-corrected chi connectivity index (χ1v) is 7.02. The van der Waals surface area contributed by atoms with Gasteiger partial charge in [0.2, 0.25) is 0 Å². The normalized spacial score (nSPS) is 11.0. The van der Waals surface area contributed by atoms with Crippen molar-refractivity contribution >= 4 is 23.4 Å². The van der Waals surface area contributed by atoms with Crippen molar-refractivity contribution in [3.63, 3.8) is 0 Å². The van der Waals surface area contributed by atoms with Gasteiger partial charge in [-0.3, -0.25) is 0 Å². The molecule has 0 aliphatic heterocycles. The number of thioether (sulfide) groups is 1. The Morgan fingerprint density at radius 3 is 2.81 bits per heavy atom. The van der Waals surface area contributed by atoms with Crippen LogP contribution in [0.4, 0.5) is 0 Å². The number of hydrogen-bond donors (Lipinski definition) is 1. The Kier molecular flexibility index (Phi) is 6.85. The van der Waals surface area contributed by atoms with Gasteiger partial charge in [0.1, 0.15) is 0 Å². The van der Waals surface area contributed by atoms with Gasteiger partial charge in [-0.25, -0.2) is 4.98 Å². The van der Waals surface area contributed by atoms with Gasteiger partial charge >= 0.3 is 0 Å². The third-order valence-electron chi connectivity index (χ3n) is 2.07. The molecule has 0 aliphatic carbocycles. The summed E-state index contributed by atoms with van der Waals surface area (Å²) in [7, 11) is 0. The summed E-state index contributed by atoms with van der Waals surface area (Å²) in [5, 5.41) is 5.17. The fourth-order valence-electron chi connectivity index (χ4n) is 1.24. The van der Waals surface area contributed by atoms with E-state index in [1.165, 1.54) is 12.8 Å². The molecule has 0 atom stereocenters. The largest absolute Gasteiger partial charge is 0.315 e. The van der Waals surface area contributed by atoms with Crippen LogP contribution in [0.5, 0.6) is 0 Å². The summed E-state index contributed by atoms with van der Waals surface area (Å²) >= 11 is 7.55. The third kappa shape index (κ3) is 6.36. The number of unbranched alkanes of at least 4 members (excludes halogenated alkanes) is 1. The third-order valence-corrected chi connectivity index (χ3v) is 3.33. The van der Waals surface area contributed by atoms with Gasteiger partial charge in [0, 0.05) is 12.2 Å². The fraction of sp³-hybridized carbons (Fsp3) is 0.583. The maximum Gasteiger partial charge on any atom is 0.0960 e. The molecule has 16 heavy (non-hydrogen) atoms. The van der Waals surface area contributed by atoms with E-state index in [1.54, 1.807) is 18.0 Å². The van der Waals surface area contributed by atoms with Gasteiger partial charge in [0.05, 0.1) is 10.0 Å². The second-order valence-electron chi connectivity index (χ2n) is 3.98. The molecule has 2 nitrogen and oxygen atoms in total. The number of aromatic nitrogens is 1. The molecule has 0 fully saturated rings. The molecule has 1 heterocycles. The Balaban J connectivity index is 2.05. The van der Waals surface area contributed by atoms with Gasteiger partial charge in [-0.2, -0.15) is 0 Å². The molecule has 0 radical (unpaired) electrons. The maximum atomic E-state index is 5.76. The van der Waals surface area contributed by atoms with Gasteiger partial charge in [-0.05, 0) is 37.3 Å².